The Hall–Kier alpha value is -2.63. The largest absolute Gasteiger partial charge is 0.352 e. The van der Waals surface area contributed by atoms with E-state index in [0.717, 1.165) is 25.3 Å². The molecule has 1 aromatic carbocycles. The molecule has 29 heavy (non-hydrogen) atoms. The normalized spacial score (nSPS) is 16.6. The summed E-state index contributed by atoms with van der Waals surface area (Å²) in [4.78, 5) is 25.5. The number of carbonyl (C=O) groups is 1. The van der Waals surface area contributed by atoms with Gasteiger partial charge < -0.3 is 15.1 Å². The van der Waals surface area contributed by atoms with E-state index in [2.05, 4.69) is 72.1 Å². The monoisotopic (exact) mass is 395 g/mol. The predicted molar refractivity (Wildman–Crippen MR) is 117 cm³/mol. The molecule has 2 heterocycles. The van der Waals surface area contributed by atoms with E-state index in [9.17, 15) is 4.79 Å². The molecule has 156 valence electrons. The molecule has 0 spiro atoms. The molecule has 0 radical (unpaired) electrons. The van der Waals surface area contributed by atoms with Crippen LogP contribution in [0.15, 0.2) is 42.9 Å². The van der Waals surface area contributed by atoms with Crippen LogP contribution < -0.4 is 10.2 Å². The van der Waals surface area contributed by atoms with E-state index in [-0.39, 0.29) is 12.1 Å². The van der Waals surface area contributed by atoms with Crippen LogP contribution >= 0.6 is 0 Å². The van der Waals surface area contributed by atoms with Gasteiger partial charge in [0.1, 0.15) is 5.82 Å². The molecule has 2 aromatic rings. The van der Waals surface area contributed by atoms with E-state index in [1.807, 2.05) is 4.90 Å². The Labute approximate surface area is 174 Å². The number of hydrogen-bond donors (Lipinski definition) is 1. The number of aromatic nitrogens is 2. The average molecular weight is 396 g/mol. The second-order valence-electron chi connectivity index (χ2n) is 8.18. The SMILES string of the molecule is CC[C@@H](C)c1ccc([C@H](NC(=O)N2CCN(c3cnccn3)CC2)C(C)C)cc1. The minimum Gasteiger partial charge on any atom is -0.352 e. The van der Waals surface area contributed by atoms with Gasteiger partial charge in [-0.05, 0) is 29.4 Å². The van der Waals surface area contributed by atoms with Crippen molar-refractivity contribution in [2.24, 2.45) is 5.92 Å². The standard InChI is InChI=1S/C23H33N5O/c1-5-18(4)19-6-8-20(9-7-19)22(17(2)3)26-23(29)28-14-12-27(13-15-28)21-16-24-10-11-25-21/h6-11,16-18,22H,5,12-15H2,1-4H3,(H,26,29)/t18-,22-/m1/s1. The summed E-state index contributed by atoms with van der Waals surface area (Å²) in [6.07, 6.45) is 6.28. The van der Waals surface area contributed by atoms with Crippen molar-refractivity contribution >= 4 is 11.8 Å². The quantitative estimate of drug-likeness (QED) is 0.795. The summed E-state index contributed by atoms with van der Waals surface area (Å²) in [5.74, 6) is 1.74. The maximum atomic E-state index is 12.9. The van der Waals surface area contributed by atoms with Crippen molar-refractivity contribution in [2.45, 2.75) is 46.1 Å². The summed E-state index contributed by atoms with van der Waals surface area (Å²) in [7, 11) is 0. The minimum absolute atomic E-state index is 0.00602. The number of piperazine rings is 1. The van der Waals surface area contributed by atoms with Gasteiger partial charge in [0.2, 0.25) is 0 Å². The topological polar surface area (TPSA) is 61.4 Å². The van der Waals surface area contributed by atoms with Gasteiger partial charge in [-0.1, -0.05) is 52.0 Å². The van der Waals surface area contributed by atoms with Gasteiger partial charge in [-0.2, -0.15) is 0 Å². The molecule has 0 aliphatic carbocycles. The molecule has 1 aliphatic heterocycles. The summed E-state index contributed by atoms with van der Waals surface area (Å²) in [5.41, 5.74) is 2.52. The Morgan fingerprint density at radius 1 is 1.03 bits per heavy atom. The van der Waals surface area contributed by atoms with Crippen molar-refractivity contribution in [3.05, 3.63) is 54.0 Å². The van der Waals surface area contributed by atoms with Crippen molar-refractivity contribution in [2.75, 3.05) is 31.1 Å². The van der Waals surface area contributed by atoms with Gasteiger partial charge in [-0.3, -0.25) is 4.98 Å². The highest BCUT2D eigenvalue weighted by Gasteiger charge is 2.25. The van der Waals surface area contributed by atoms with E-state index in [1.165, 1.54) is 11.1 Å². The molecule has 1 aromatic heterocycles. The first kappa shape index (κ1) is 21.1. The Morgan fingerprint density at radius 2 is 1.69 bits per heavy atom. The third kappa shape index (κ3) is 5.25. The summed E-state index contributed by atoms with van der Waals surface area (Å²) in [5, 5.41) is 3.26. The molecule has 1 N–H and O–H groups in total. The van der Waals surface area contributed by atoms with Gasteiger partial charge in [-0.25, -0.2) is 9.78 Å². The van der Waals surface area contributed by atoms with Crippen molar-refractivity contribution in [3.8, 4) is 0 Å². The lowest BCUT2D eigenvalue weighted by atomic mass is 9.92. The van der Waals surface area contributed by atoms with Crippen LogP contribution in [0.2, 0.25) is 0 Å². The van der Waals surface area contributed by atoms with Crippen molar-refractivity contribution in [3.63, 3.8) is 0 Å². The number of benzene rings is 1. The van der Waals surface area contributed by atoms with Crippen molar-refractivity contribution in [1.82, 2.24) is 20.2 Å². The lowest BCUT2D eigenvalue weighted by Gasteiger charge is -2.36. The number of amides is 2. The predicted octanol–water partition coefficient (Wildman–Crippen LogP) is 4.22. The molecular weight excluding hydrogens is 362 g/mol. The lowest BCUT2D eigenvalue weighted by Crippen LogP contribution is -2.52. The van der Waals surface area contributed by atoms with E-state index >= 15 is 0 Å². The number of hydrogen-bond acceptors (Lipinski definition) is 4. The lowest BCUT2D eigenvalue weighted by molar-refractivity contribution is 0.186. The van der Waals surface area contributed by atoms with E-state index in [4.69, 9.17) is 0 Å². The molecular formula is C23H33N5O. The Kier molecular flexibility index (Phi) is 7.07. The molecule has 0 bridgehead atoms. The molecule has 0 saturated carbocycles. The average Bonchev–Trinajstić information content (AvgIpc) is 2.77. The van der Waals surface area contributed by atoms with Crippen LogP contribution in [0.4, 0.5) is 10.6 Å². The van der Waals surface area contributed by atoms with Gasteiger partial charge in [0.15, 0.2) is 0 Å². The Balaban J connectivity index is 1.60. The minimum atomic E-state index is 0.00602. The van der Waals surface area contributed by atoms with Gasteiger partial charge in [0, 0.05) is 38.6 Å². The van der Waals surface area contributed by atoms with E-state index < -0.39 is 0 Å². The highest BCUT2D eigenvalue weighted by Crippen LogP contribution is 2.25. The fraction of sp³-hybridized carbons (Fsp3) is 0.522. The highest BCUT2D eigenvalue weighted by molar-refractivity contribution is 5.75. The first-order chi connectivity index (χ1) is 14.0. The van der Waals surface area contributed by atoms with Crippen LogP contribution in [0.25, 0.3) is 0 Å². The van der Waals surface area contributed by atoms with E-state index in [0.29, 0.717) is 24.9 Å². The first-order valence-electron chi connectivity index (χ1n) is 10.7. The molecule has 0 unspecified atom stereocenters. The number of nitrogens with zero attached hydrogens (tertiary/aromatic N) is 4. The Bertz CT molecular complexity index is 770. The molecule has 2 atom stereocenters. The number of rotatable bonds is 6. The third-order valence-corrected chi connectivity index (χ3v) is 5.86. The van der Waals surface area contributed by atoms with Crippen LogP contribution in [-0.4, -0.2) is 47.1 Å². The summed E-state index contributed by atoms with van der Waals surface area (Å²) in [6, 6.07) is 8.74. The Morgan fingerprint density at radius 3 is 2.24 bits per heavy atom. The van der Waals surface area contributed by atoms with Gasteiger partial charge in [0.25, 0.3) is 0 Å². The second-order valence-corrected chi connectivity index (χ2v) is 8.18. The number of anilines is 1. The number of urea groups is 1. The fourth-order valence-electron chi connectivity index (χ4n) is 3.72. The smallest absolute Gasteiger partial charge is 0.318 e. The third-order valence-electron chi connectivity index (χ3n) is 5.86. The van der Waals surface area contributed by atoms with Crippen LogP contribution in [0, 0.1) is 5.92 Å². The second kappa shape index (κ2) is 9.72. The molecule has 6 nitrogen and oxygen atoms in total. The number of carbonyl (C=O) groups excluding carboxylic acids is 1. The van der Waals surface area contributed by atoms with Gasteiger partial charge in [0.05, 0.1) is 12.2 Å². The molecule has 2 amide bonds. The molecule has 1 fully saturated rings. The molecule has 1 aliphatic rings. The van der Waals surface area contributed by atoms with Crippen LogP contribution in [0.5, 0.6) is 0 Å². The zero-order chi connectivity index (χ0) is 20.8. The number of nitrogens with one attached hydrogen (secondary N) is 1. The molecule has 3 rings (SSSR count). The first-order valence-corrected chi connectivity index (χ1v) is 10.7. The summed E-state index contributed by atoms with van der Waals surface area (Å²) in [6.45, 7) is 11.7. The van der Waals surface area contributed by atoms with Crippen molar-refractivity contribution in [1.29, 1.82) is 0 Å². The van der Waals surface area contributed by atoms with Crippen molar-refractivity contribution < 1.29 is 4.79 Å². The van der Waals surface area contributed by atoms with Crippen LogP contribution in [0.3, 0.4) is 0 Å². The maximum Gasteiger partial charge on any atom is 0.318 e. The van der Waals surface area contributed by atoms with E-state index in [1.54, 1.807) is 18.6 Å². The van der Waals surface area contributed by atoms with Gasteiger partial charge in [-0.15, -0.1) is 0 Å². The zero-order valence-electron chi connectivity index (χ0n) is 18.0. The molecule has 6 heteroatoms. The molecule has 1 saturated heterocycles. The fourth-order valence-corrected chi connectivity index (χ4v) is 3.72. The summed E-state index contributed by atoms with van der Waals surface area (Å²) >= 11 is 0. The highest BCUT2D eigenvalue weighted by atomic mass is 16.2. The van der Waals surface area contributed by atoms with Crippen LogP contribution in [0.1, 0.15) is 57.2 Å². The van der Waals surface area contributed by atoms with Crippen LogP contribution in [-0.2, 0) is 0 Å². The maximum absolute atomic E-state index is 12.9. The summed E-state index contributed by atoms with van der Waals surface area (Å²) < 4.78 is 0. The zero-order valence-corrected chi connectivity index (χ0v) is 18.0. The van der Waals surface area contributed by atoms with Gasteiger partial charge >= 0.3 is 6.03 Å².